The number of carbonyl (C=O) groups excluding carboxylic acids is 11. The molecule has 0 aromatic carbocycles. The van der Waals surface area contributed by atoms with Crippen LogP contribution in [0.3, 0.4) is 0 Å². The molecule has 0 rings (SSSR count). The van der Waals surface area contributed by atoms with Crippen molar-refractivity contribution in [3.63, 3.8) is 0 Å². The van der Waals surface area contributed by atoms with Crippen molar-refractivity contribution >= 4 is 65.2 Å². The Labute approximate surface area is 426 Å². The smallest absolute Gasteiger partial charge is 0.408 e. The van der Waals surface area contributed by atoms with Gasteiger partial charge in [-0.3, -0.25) is 43.2 Å². The molecule has 72 heavy (non-hydrogen) atoms. The summed E-state index contributed by atoms with van der Waals surface area (Å²) in [6.45, 7) is 31.4. The molecular formula is C49H88N10O13. The molecule has 0 unspecified atom stereocenters. The molecule has 10 amide bonds. The topological polar surface area (TPSA) is 327 Å². The minimum absolute atomic E-state index is 0.0481. The van der Waals surface area contributed by atoms with Crippen molar-refractivity contribution in [2.24, 2.45) is 17.8 Å². The normalized spacial score (nSPS) is 14.7. The average Bonchev–Trinajstić information content (AvgIpc) is 3.20. The van der Waals surface area contributed by atoms with Gasteiger partial charge in [0.1, 0.15) is 64.0 Å². The molecule has 0 aliphatic heterocycles. The Balaban J connectivity index is 5.87. The maximum absolute atomic E-state index is 13.8. The minimum Gasteiger partial charge on any atom is -0.467 e. The summed E-state index contributed by atoms with van der Waals surface area (Å²) in [6, 6.07) is -7.01. The zero-order chi connectivity index (χ0) is 56.7. The number of hydrogen-bond acceptors (Lipinski definition) is 13. The fraction of sp³-hybridized carbons (Fsp3) is 0.776. The Morgan fingerprint density at radius 1 is 0.361 bits per heavy atom. The molecule has 0 aromatic rings. The van der Waals surface area contributed by atoms with Crippen LogP contribution in [0.1, 0.15) is 158 Å². The molecule has 0 spiro atoms. The zero-order valence-electron chi connectivity index (χ0n) is 46.6. The maximum atomic E-state index is 13.8. The molecule has 412 valence electrons. The van der Waals surface area contributed by atoms with Crippen molar-refractivity contribution in [2.75, 3.05) is 7.11 Å². The van der Waals surface area contributed by atoms with E-state index in [0.29, 0.717) is 0 Å². The third-order valence-corrected chi connectivity index (χ3v) is 10.8. The number of amides is 10. The Bertz CT molecular complexity index is 1970. The predicted octanol–water partition coefficient (Wildman–Crippen LogP) is 1.25. The minimum atomic E-state index is -1.65. The first-order chi connectivity index (χ1) is 32.5. The summed E-state index contributed by atoms with van der Waals surface area (Å²) in [4.78, 5) is 146. The quantitative estimate of drug-likeness (QED) is 0.0547. The standard InChI is InChI=1S/C49H88N10O13/c1-25(2)22-31(37(63)56-47(15,16)41(67)51-29(8)35(61)55-33(24-27(5)6)39(65)58-49(19,20)43(69)71-21)53-34(60)28(7)50-40(66)46(13,14)57-38(64)32(23-26(3)4)54-36(62)30(9)52-42(68)48(17,18)59-44(70)72-45(10,11)12/h25-33H,22-24H2,1-21H3,(H,50,66)(H,51,67)(H,52,68)(H,53,60)(H,54,62)(H,55,61)(H,56,63)(H,57,64)(H,58,65)(H,59,70)/t28-,29-,30-,31-,32-,33-/m0/s1. The number of carbonyl (C=O) groups is 11. The number of alkyl carbamates (subject to hydrolysis) is 1. The predicted molar refractivity (Wildman–Crippen MR) is 269 cm³/mol. The molecule has 0 bridgehead atoms. The third kappa shape index (κ3) is 23.0. The van der Waals surface area contributed by atoms with Crippen LogP contribution in [0.15, 0.2) is 0 Å². The average molecular weight is 1030 g/mol. The SMILES string of the molecule is COC(=O)C(C)(C)NC(=O)[C@H](CC(C)C)NC(=O)[C@H](C)NC(=O)C(C)(C)NC(=O)[C@H](CC(C)C)NC(=O)[C@H](C)NC(=O)C(C)(C)NC(=O)[C@H](CC(C)C)NC(=O)[C@H](C)NC(=O)C(C)(C)NC(=O)OC(C)(C)C. The van der Waals surface area contributed by atoms with Gasteiger partial charge in [-0.2, -0.15) is 0 Å². The first-order valence-electron chi connectivity index (χ1n) is 24.4. The van der Waals surface area contributed by atoms with E-state index in [9.17, 15) is 52.7 Å². The lowest BCUT2D eigenvalue weighted by atomic mass is 9.98. The van der Waals surface area contributed by atoms with Crippen LogP contribution < -0.4 is 53.2 Å². The molecular weight excluding hydrogens is 937 g/mol. The largest absolute Gasteiger partial charge is 0.467 e. The molecule has 0 aliphatic carbocycles. The molecule has 0 aliphatic rings. The number of hydrogen-bond donors (Lipinski definition) is 10. The Hall–Kier alpha value is -6.03. The van der Waals surface area contributed by atoms with Gasteiger partial charge in [-0.15, -0.1) is 0 Å². The molecule has 10 N–H and O–H groups in total. The number of nitrogens with one attached hydrogen (secondary N) is 10. The van der Waals surface area contributed by atoms with Crippen molar-refractivity contribution in [1.29, 1.82) is 0 Å². The highest BCUT2D eigenvalue weighted by Crippen LogP contribution is 2.15. The van der Waals surface area contributed by atoms with Gasteiger partial charge in [-0.05, 0) is 134 Å². The van der Waals surface area contributed by atoms with Gasteiger partial charge in [-0.1, -0.05) is 41.5 Å². The molecule has 0 radical (unpaired) electrons. The summed E-state index contributed by atoms with van der Waals surface area (Å²) in [6.07, 6.45) is -0.364. The Morgan fingerprint density at radius 2 is 0.611 bits per heavy atom. The molecule has 0 aromatic heterocycles. The summed E-state index contributed by atoms with van der Waals surface area (Å²) in [5, 5.41) is 25.8. The van der Waals surface area contributed by atoms with Crippen LogP contribution in [-0.4, -0.2) is 136 Å². The maximum Gasteiger partial charge on any atom is 0.408 e. The van der Waals surface area contributed by atoms with Crippen LogP contribution in [-0.2, 0) is 57.4 Å². The van der Waals surface area contributed by atoms with Gasteiger partial charge < -0.3 is 62.6 Å². The molecule has 0 saturated carbocycles. The van der Waals surface area contributed by atoms with Gasteiger partial charge >= 0.3 is 12.1 Å². The van der Waals surface area contributed by atoms with E-state index in [1.165, 1.54) is 83.3 Å². The van der Waals surface area contributed by atoms with Crippen LogP contribution in [0.4, 0.5) is 4.79 Å². The van der Waals surface area contributed by atoms with E-state index in [0.717, 1.165) is 0 Å². The van der Waals surface area contributed by atoms with Crippen LogP contribution in [0.25, 0.3) is 0 Å². The van der Waals surface area contributed by atoms with Gasteiger partial charge in [0.15, 0.2) is 0 Å². The van der Waals surface area contributed by atoms with E-state index >= 15 is 0 Å². The summed E-state index contributed by atoms with van der Waals surface area (Å²) in [5.74, 6) is -7.53. The van der Waals surface area contributed by atoms with E-state index in [2.05, 4.69) is 53.2 Å². The van der Waals surface area contributed by atoms with Crippen molar-refractivity contribution < 1.29 is 62.2 Å². The van der Waals surface area contributed by atoms with Crippen molar-refractivity contribution in [2.45, 2.75) is 222 Å². The summed E-state index contributed by atoms with van der Waals surface area (Å²) >= 11 is 0. The van der Waals surface area contributed by atoms with Crippen molar-refractivity contribution in [3.05, 3.63) is 0 Å². The number of esters is 1. The zero-order valence-corrected chi connectivity index (χ0v) is 46.6. The highest BCUT2D eigenvalue weighted by Gasteiger charge is 2.40. The highest BCUT2D eigenvalue weighted by atomic mass is 16.6. The summed E-state index contributed by atoms with van der Waals surface area (Å²) in [5.41, 5.74) is -6.97. The van der Waals surface area contributed by atoms with Crippen molar-refractivity contribution in [1.82, 2.24) is 53.2 Å². The van der Waals surface area contributed by atoms with Gasteiger partial charge in [-0.25, -0.2) is 9.59 Å². The highest BCUT2D eigenvalue weighted by molar-refractivity contribution is 6.00. The lowest BCUT2D eigenvalue weighted by Crippen LogP contribution is -2.64. The van der Waals surface area contributed by atoms with Gasteiger partial charge in [0.2, 0.25) is 53.2 Å². The lowest BCUT2D eigenvalue weighted by molar-refractivity contribution is -0.149. The van der Waals surface area contributed by atoms with Gasteiger partial charge in [0.05, 0.1) is 7.11 Å². The molecule has 0 heterocycles. The number of ether oxygens (including phenoxy) is 2. The molecule has 0 fully saturated rings. The van der Waals surface area contributed by atoms with E-state index < -0.39 is 129 Å². The van der Waals surface area contributed by atoms with E-state index in [1.54, 1.807) is 20.8 Å². The second-order valence-electron chi connectivity index (χ2n) is 22.7. The Kier molecular flexibility index (Phi) is 24.9. The third-order valence-electron chi connectivity index (χ3n) is 10.8. The van der Waals surface area contributed by atoms with E-state index in [-0.39, 0.29) is 37.0 Å². The first-order valence-corrected chi connectivity index (χ1v) is 24.4. The Morgan fingerprint density at radius 3 is 0.847 bits per heavy atom. The summed E-state index contributed by atoms with van der Waals surface area (Å²) in [7, 11) is 1.18. The molecule has 0 saturated heterocycles. The van der Waals surface area contributed by atoms with E-state index in [1.807, 2.05) is 41.5 Å². The fourth-order valence-corrected chi connectivity index (χ4v) is 6.55. The van der Waals surface area contributed by atoms with Crippen molar-refractivity contribution in [3.8, 4) is 0 Å². The van der Waals surface area contributed by atoms with Gasteiger partial charge in [0.25, 0.3) is 0 Å². The van der Waals surface area contributed by atoms with Crippen LogP contribution in [0, 0.1) is 17.8 Å². The molecule has 23 heteroatoms. The molecule has 23 nitrogen and oxygen atoms in total. The van der Waals surface area contributed by atoms with Crippen LogP contribution in [0.5, 0.6) is 0 Å². The number of rotatable bonds is 26. The van der Waals surface area contributed by atoms with Crippen LogP contribution in [0.2, 0.25) is 0 Å². The van der Waals surface area contributed by atoms with E-state index in [4.69, 9.17) is 9.47 Å². The second kappa shape index (κ2) is 27.1. The van der Waals surface area contributed by atoms with Gasteiger partial charge in [0, 0.05) is 0 Å². The second-order valence-corrected chi connectivity index (χ2v) is 22.7. The molecule has 6 atom stereocenters. The first kappa shape index (κ1) is 66.0. The monoisotopic (exact) mass is 1020 g/mol. The lowest BCUT2D eigenvalue weighted by Gasteiger charge is -2.32. The fourth-order valence-electron chi connectivity index (χ4n) is 6.55. The number of methoxy groups -OCH3 is 1. The summed E-state index contributed by atoms with van der Waals surface area (Å²) < 4.78 is 9.99. The van der Waals surface area contributed by atoms with Crippen LogP contribution >= 0.6 is 0 Å².